The summed E-state index contributed by atoms with van der Waals surface area (Å²) >= 11 is 0. The van der Waals surface area contributed by atoms with Crippen LogP contribution >= 0.6 is 0 Å². The van der Waals surface area contributed by atoms with Gasteiger partial charge < -0.3 is 14.6 Å². The van der Waals surface area contributed by atoms with Gasteiger partial charge in [-0.2, -0.15) is 0 Å². The van der Waals surface area contributed by atoms with Crippen LogP contribution in [0.3, 0.4) is 0 Å². The van der Waals surface area contributed by atoms with Crippen LogP contribution in [0.25, 0.3) is 0 Å². The maximum Gasteiger partial charge on any atom is 0.513 e. The minimum Gasteiger partial charge on any atom is -0.508 e. The van der Waals surface area contributed by atoms with E-state index in [1.54, 1.807) is 0 Å². The maximum atomic E-state index is 11.4. The number of hydrogen-bond donors (Lipinski definition) is 1. The molecule has 0 heterocycles. The normalized spacial score (nSPS) is 15.0. The number of phenolic OH excluding ortho intramolecular Hbond substituents is 1. The highest BCUT2D eigenvalue weighted by molar-refractivity contribution is 5.64. The van der Waals surface area contributed by atoms with E-state index in [1.807, 2.05) is 37.3 Å². The van der Waals surface area contributed by atoms with Crippen molar-refractivity contribution in [3.63, 3.8) is 0 Å². The van der Waals surface area contributed by atoms with Gasteiger partial charge in [0.1, 0.15) is 11.5 Å². The monoisotopic (exact) mass is 368 g/mol. The predicted octanol–water partition coefficient (Wildman–Crippen LogP) is 5.83. The van der Waals surface area contributed by atoms with Crippen molar-refractivity contribution in [2.24, 2.45) is 0 Å². The van der Waals surface area contributed by atoms with Crippen molar-refractivity contribution < 1.29 is 19.4 Å². The third-order valence-electron chi connectivity index (χ3n) is 5.80. The Morgan fingerprint density at radius 2 is 1.70 bits per heavy atom. The highest BCUT2D eigenvalue weighted by atomic mass is 16.7. The molecule has 2 aromatic carbocycles. The average molecular weight is 368 g/mol. The lowest BCUT2D eigenvalue weighted by Gasteiger charge is -2.28. The second-order valence-electron chi connectivity index (χ2n) is 7.92. The first kappa shape index (κ1) is 19.3. The standard InChI is InChI=1S/C23H28O4/c1-15-13-17(10-12-21(15)27-22(25)26-4)23(2,3)18-9-11-20(24)19(14-18)16-7-5-6-8-16/h9-14,16,24H,5-8H2,1-4H3. The summed E-state index contributed by atoms with van der Waals surface area (Å²) in [6.07, 6.45) is 4.05. The molecule has 2 aromatic rings. The van der Waals surface area contributed by atoms with Gasteiger partial charge in [0, 0.05) is 5.41 Å². The van der Waals surface area contributed by atoms with E-state index in [-0.39, 0.29) is 5.41 Å². The molecule has 0 bridgehead atoms. The smallest absolute Gasteiger partial charge is 0.508 e. The zero-order chi connectivity index (χ0) is 19.6. The Morgan fingerprint density at radius 3 is 2.33 bits per heavy atom. The summed E-state index contributed by atoms with van der Waals surface area (Å²) in [7, 11) is 1.29. The van der Waals surface area contributed by atoms with Crippen LogP contribution in [0.1, 0.15) is 67.7 Å². The molecule has 1 fully saturated rings. The maximum absolute atomic E-state index is 11.4. The second-order valence-corrected chi connectivity index (χ2v) is 7.92. The van der Waals surface area contributed by atoms with Crippen molar-refractivity contribution in [2.75, 3.05) is 7.11 Å². The largest absolute Gasteiger partial charge is 0.513 e. The van der Waals surface area contributed by atoms with Crippen molar-refractivity contribution in [3.05, 3.63) is 58.7 Å². The molecule has 4 nitrogen and oxygen atoms in total. The molecule has 0 aromatic heterocycles. The van der Waals surface area contributed by atoms with Crippen LogP contribution in [0.5, 0.6) is 11.5 Å². The van der Waals surface area contributed by atoms with Crippen LogP contribution in [-0.4, -0.2) is 18.4 Å². The van der Waals surface area contributed by atoms with Crippen molar-refractivity contribution in [3.8, 4) is 11.5 Å². The van der Waals surface area contributed by atoms with Crippen molar-refractivity contribution in [1.82, 2.24) is 0 Å². The fourth-order valence-corrected chi connectivity index (χ4v) is 3.96. The van der Waals surface area contributed by atoms with E-state index in [9.17, 15) is 9.90 Å². The number of phenols is 1. The van der Waals surface area contributed by atoms with Crippen molar-refractivity contribution in [2.45, 2.75) is 57.8 Å². The summed E-state index contributed by atoms with van der Waals surface area (Å²) in [5.41, 5.74) is 4.00. The van der Waals surface area contributed by atoms with Crippen molar-refractivity contribution >= 4 is 6.16 Å². The van der Waals surface area contributed by atoms with Crippen LogP contribution in [0, 0.1) is 6.92 Å². The zero-order valence-corrected chi connectivity index (χ0v) is 16.5. The highest BCUT2D eigenvalue weighted by Gasteiger charge is 2.27. The van der Waals surface area contributed by atoms with E-state index >= 15 is 0 Å². The highest BCUT2D eigenvalue weighted by Crippen LogP contribution is 2.42. The number of aromatic hydroxyl groups is 1. The molecular formula is C23H28O4. The Morgan fingerprint density at radius 1 is 1.07 bits per heavy atom. The fourth-order valence-electron chi connectivity index (χ4n) is 3.96. The Balaban J connectivity index is 1.93. The number of methoxy groups -OCH3 is 1. The van der Waals surface area contributed by atoms with Gasteiger partial charge in [-0.05, 0) is 60.1 Å². The number of carbonyl (C=O) groups is 1. The van der Waals surface area contributed by atoms with E-state index in [0.29, 0.717) is 17.4 Å². The summed E-state index contributed by atoms with van der Waals surface area (Å²) < 4.78 is 9.74. The lowest BCUT2D eigenvalue weighted by Crippen LogP contribution is -2.20. The SMILES string of the molecule is COC(=O)Oc1ccc(C(C)(C)c2ccc(O)c(C3CCCC3)c2)cc1C. The molecule has 0 radical (unpaired) electrons. The van der Waals surface area contributed by atoms with Gasteiger partial charge >= 0.3 is 6.16 Å². The molecule has 4 heteroatoms. The molecule has 1 aliphatic rings. The lowest BCUT2D eigenvalue weighted by atomic mass is 9.76. The van der Waals surface area contributed by atoms with E-state index in [2.05, 4.69) is 24.7 Å². The Hall–Kier alpha value is -2.49. The molecule has 0 spiro atoms. The van der Waals surface area contributed by atoms with Gasteiger partial charge in [0.25, 0.3) is 0 Å². The summed E-state index contributed by atoms with van der Waals surface area (Å²) in [6, 6.07) is 11.8. The number of aryl methyl sites for hydroxylation is 1. The third kappa shape index (κ3) is 3.95. The molecule has 0 aliphatic heterocycles. The van der Waals surface area contributed by atoms with E-state index in [0.717, 1.165) is 29.5 Å². The van der Waals surface area contributed by atoms with Crippen LogP contribution in [0.15, 0.2) is 36.4 Å². The fraction of sp³-hybridized carbons (Fsp3) is 0.435. The molecule has 0 amide bonds. The molecule has 144 valence electrons. The molecule has 0 saturated heterocycles. The minimum absolute atomic E-state index is 0.240. The van der Waals surface area contributed by atoms with Gasteiger partial charge in [-0.1, -0.05) is 51.0 Å². The molecule has 1 saturated carbocycles. The molecule has 1 N–H and O–H groups in total. The molecular weight excluding hydrogens is 340 g/mol. The first-order chi connectivity index (χ1) is 12.8. The molecule has 0 atom stereocenters. The topological polar surface area (TPSA) is 55.8 Å². The Bertz CT molecular complexity index is 832. The van der Waals surface area contributed by atoms with Gasteiger partial charge in [0.05, 0.1) is 7.11 Å². The van der Waals surface area contributed by atoms with Gasteiger partial charge in [-0.15, -0.1) is 0 Å². The van der Waals surface area contributed by atoms with Gasteiger partial charge in [-0.25, -0.2) is 4.79 Å². The average Bonchev–Trinajstić information content (AvgIpc) is 3.17. The third-order valence-corrected chi connectivity index (χ3v) is 5.80. The van der Waals surface area contributed by atoms with E-state index in [1.165, 1.54) is 25.5 Å². The summed E-state index contributed by atoms with van der Waals surface area (Å²) in [4.78, 5) is 11.4. The number of hydrogen-bond acceptors (Lipinski definition) is 4. The number of ether oxygens (including phenoxy) is 2. The van der Waals surface area contributed by atoms with Crippen molar-refractivity contribution in [1.29, 1.82) is 0 Å². The summed E-state index contributed by atoms with van der Waals surface area (Å²) in [5, 5.41) is 10.4. The first-order valence-corrected chi connectivity index (χ1v) is 9.53. The lowest BCUT2D eigenvalue weighted by molar-refractivity contribution is 0.121. The summed E-state index contributed by atoms with van der Waals surface area (Å²) in [5.74, 6) is 1.36. The minimum atomic E-state index is -0.718. The molecule has 0 unspecified atom stereocenters. The Kier molecular flexibility index (Phi) is 5.45. The molecule has 27 heavy (non-hydrogen) atoms. The Labute approximate surface area is 161 Å². The van der Waals surface area contributed by atoms with Crippen LogP contribution in [0.2, 0.25) is 0 Å². The zero-order valence-electron chi connectivity index (χ0n) is 16.5. The van der Waals surface area contributed by atoms with Crippen LogP contribution in [0.4, 0.5) is 4.79 Å². The predicted molar refractivity (Wildman–Crippen MR) is 106 cm³/mol. The van der Waals surface area contributed by atoms with Gasteiger partial charge in [-0.3, -0.25) is 0 Å². The molecule has 3 rings (SSSR count). The van der Waals surface area contributed by atoms with Gasteiger partial charge in [0.2, 0.25) is 0 Å². The molecule has 1 aliphatic carbocycles. The van der Waals surface area contributed by atoms with E-state index in [4.69, 9.17) is 4.74 Å². The van der Waals surface area contributed by atoms with Crippen LogP contribution in [-0.2, 0) is 10.2 Å². The quantitative estimate of drug-likeness (QED) is 0.545. The van der Waals surface area contributed by atoms with Gasteiger partial charge in [0.15, 0.2) is 0 Å². The second kappa shape index (κ2) is 7.63. The van der Waals surface area contributed by atoms with Crippen LogP contribution < -0.4 is 4.74 Å². The van der Waals surface area contributed by atoms with E-state index < -0.39 is 6.16 Å². The summed E-state index contributed by atoms with van der Waals surface area (Å²) in [6.45, 7) is 6.26. The number of benzene rings is 2. The first-order valence-electron chi connectivity index (χ1n) is 9.53. The number of rotatable bonds is 4. The number of carbonyl (C=O) groups excluding carboxylic acids is 1.